The largest absolute Gasteiger partial charge is 0.327 e. The molecule has 3 heteroatoms. The van der Waals surface area contributed by atoms with E-state index in [0.29, 0.717) is 18.0 Å². The van der Waals surface area contributed by atoms with Gasteiger partial charge in [-0.3, -0.25) is 4.90 Å². The van der Waals surface area contributed by atoms with Crippen LogP contribution >= 0.6 is 11.8 Å². The quantitative estimate of drug-likeness (QED) is 0.803. The number of hydrogen-bond donors (Lipinski definition) is 1. The molecule has 1 heterocycles. The molecule has 1 fully saturated rings. The van der Waals surface area contributed by atoms with Gasteiger partial charge in [0.15, 0.2) is 0 Å². The lowest BCUT2D eigenvalue weighted by molar-refractivity contribution is 0.0633. The summed E-state index contributed by atoms with van der Waals surface area (Å²) in [5.74, 6) is 1.89. The molecule has 2 N–H and O–H groups in total. The van der Waals surface area contributed by atoms with Crippen LogP contribution < -0.4 is 5.73 Å². The minimum absolute atomic E-state index is 0.406. The maximum Gasteiger partial charge on any atom is 0.0186 e. The lowest BCUT2D eigenvalue weighted by Crippen LogP contribution is -2.55. The van der Waals surface area contributed by atoms with Gasteiger partial charge in [-0.15, -0.1) is 0 Å². The molecular weight excluding hydrogens is 204 g/mol. The highest BCUT2D eigenvalue weighted by Gasteiger charge is 2.33. The van der Waals surface area contributed by atoms with Crippen molar-refractivity contribution in [2.24, 2.45) is 11.7 Å². The number of thioether (sulfide) groups is 1. The monoisotopic (exact) mass is 230 g/mol. The van der Waals surface area contributed by atoms with Gasteiger partial charge in [0.05, 0.1) is 0 Å². The molecule has 1 aliphatic rings. The van der Waals surface area contributed by atoms with E-state index in [1.165, 1.54) is 18.7 Å². The summed E-state index contributed by atoms with van der Waals surface area (Å²) < 4.78 is 0. The molecular formula is C12H26N2S. The molecule has 0 spiro atoms. The van der Waals surface area contributed by atoms with E-state index in [1.807, 2.05) is 11.8 Å². The van der Waals surface area contributed by atoms with Crippen LogP contribution in [0.1, 0.15) is 33.6 Å². The zero-order valence-corrected chi connectivity index (χ0v) is 11.4. The Hall–Kier alpha value is 0.270. The van der Waals surface area contributed by atoms with Crippen LogP contribution in [-0.2, 0) is 0 Å². The third-order valence-electron chi connectivity index (χ3n) is 3.98. The van der Waals surface area contributed by atoms with Crippen molar-refractivity contribution in [3.8, 4) is 0 Å². The standard InChI is InChI=1S/C12H26N2S/c1-5-11(8-15-4)14-7-6-12(13)9(2)10(14)3/h9-12H,5-8,13H2,1-4H3. The normalized spacial score (nSPS) is 35.4. The highest BCUT2D eigenvalue weighted by atomic mass is 32.2. The second kappa shape index (κ2) is 6.12. The summed E-state index contributed by atoms with van der Waals surface area (Å²) in [5, 5.41) is 0. The topological polar surface area (TPSA) is 29.3 Å². The first kappa shape index (κ1) is 13.3. The minimum Gasteiger partial charge on any atom is -0.327 e. The average Bonchev–Trinajstić information content (AvgIpc) is 2.24. The second-order valence-electron chi connectivity index (χ2n) is 4.81. The fourth-order valence-corrected chi connectivity index (χ4v) is 3.39. The molecule has 15 heavy (non-hydrogen) atoms. The second-order valence-corrected chi connectivity index (χ2v) is 5.72. The van der Waals surface area contributed by atoms with Crippen LogP contribution in [0.4, 0.5) is 0 Å². The summed E-state index contributed by atoms with van der Waals surface area (Å²) >= 11 is 1.96. The molecule has 4 atom stereocenters. The van der Waals surface area contributed by atoms with Gasteiger partial charge >= 0.3 is 0 Å². The number of likely N-dealkylation sites (tertiary alicyclic amines) is 1. The predicted octanol–water partition coefficient (Wildman–Crippen LogP) is 2.19. The Morgan fingerprint density at radius 3 is 2.67 bits per heavy atom. The number of piperidine rings is 1. The predicted molar refractivity (Wildman–Crippen MR) is 70.4 cm³/mol. The lowest BCUT2D eigenvalue weighted by atomic mass is 9.86. The zero-order valence-electron chi connectivity index (χ0n) is 10.6. The van der Waals surface area contributed by atoms with Crippen LogP contribution in [0, 0.1) is 5.92 Å². The molecule has 4 unspecified atom stereocenters. The van der Waals surface area contributed by atoms with Crippen molar-refractivity contribution < 1.29 is 0 Å². The Kier molecular flexibility index (Phi) is 5.44. The number of hydrogen-bond acceptors (Lipinski definition) is 3. The number of nitrogens with zero attached hydrogens (tertiary/aromatic N) is 1. The van der Waals surface area contributed by atoms with Gasteiger partial charge in [-0.05, 0) is 31.9 Å². The Morgan fingerprint density at radius 2 is 2.13 bits per heavy atom. The van der Waals surface area contributed by atoms with Gasteiger partial charge in [0.25, 0.3) is 0 Å². The van der Waals surface area contributed by atoms with Gasteiger partial charge in [-0.2, -0.15) is 11.8 Å². The maximum atomic E-state index is 6.11. The summed E-state index contributed by atoms with van der Waals surface area (Å²) in [7, 11) is 0. The molecule has 0 saturated carbocycles. The molecule has 0 aromatic heterocycles. The molecule has 0 radical (unpaired) electrons. The van der Waals surface area contributed by atoms with Crippen molar-refractivity contribution in [2.45, 2.75) is 51.7 Å². The van der Waals surface area contributed by atoms with E-state index >= 15 is 0 Å². The summed E-state index contributed by atoms with van der Waals surface area (Å²) in [4.78, 5) is 2.67. The molecule has 1 aliphatic heterocycles. The van der Waals surface area contributed by atoms with Gasteiger partial charge in [0.2, 0.25) is 0 Å². The van der Waals surface area contributed by atoms with Crippen molar-refractivity contribution in [1.82, 2.24) is 4.90 Å². The summed E-state index contributed by atoms with van der Waals surface area (Å²) in [6.07, 6.45) is 4.62. The van der Waals surface area contributed by atoms with Gasteiger partial charge in [0, 0.05) is 30.4 Å². The first-order valence-electron chi connectivity index (χ1n) is 6.12. The SMILES string of the molecule is CCC(CSC)N1CCC(N)C(C)C1C. The molecule has 0 amide bonds. The van der Waals surface area contributed by atoms with E-state index in [1.54, 1.807) is 0 Å². The Morgan fingerprint density at radius 1 is 1.47 bits per heavy atom. The smallest absolute Gasteiger partial charge is 0.0186 e. The number of rotatable bonds is 4. The summed E-state index contributed by atoms with van der Waals surface area (Å²) in [6.45, 7) is 8.12. The molecule has 2 nitrogen and oxygen atoms in total. The van der Waals surface area contributed by atoms with E-state index < -0.39 is 0 Å². The molecule has 0 aromatic carbocycles. The molecule has 90 valence electrons. The first-order valence-corrected chi connectivity index (χ1v) is 7.51. The highest BCUT2D eigenvalue weighted by Crippen LogP contribution is 2.26. The van der Waals surface area contributed by atoms with E-state index in [4.69, 9.17) is 5.73 Å². The fraction of sp³-hybridized carbons (Fsp3) is 1.00. The Bertz CT molecular complexity index is 184. The molecule has 1 saturated heterocycles. The highest BCUT2D eigenvalue weighted by molar-refractivity contribution is 7.98. The summed E-state index contributed by atoms with van der Waals surface area (Å²) in [5.41, 5.74) is 6.11. The van der Waals surface area contributed by atoms with Crippen molar-refractivity contribution in [2.75, 3.05) is 18.6 Å². The van der Waals surface area contributed by atoms with E-state index in [0.717, 1.165) is 12.5 Å². The summed E-state index contributed by atoms with van der Waals surface area (Å²) in [6, 6.07) is 1.79. The molecule has 1 rings (SSSR count). The Labute approximate surface area is 99.0 Å². The maximum absolute atomic E-state index is 6.11. The lowest BCUT2D eigenvalue weighted by Gasteiger charge is -2.45. The van der Waals surface area contributed by atoms with Crippen LogP contribution in [0.2, 0.25) is 0 Å². The van der Waals surface area contributed by atoms with Crippen molar-refractivity contribution >= 4 is 11.8 Å². The van der Waals surface area contributed by atoms with Crippen molar-refractivity contribution in [1.29, 1.82) is 0 Å². The fourth-order valence-electron chi connectivity index (χ4n) is 2.58. The van der Waals surface area contributed by atoms with Crippen molar-refractivity contribution in [3.63, 3.8) is 0 Å². The van der Waals surface area contributed by atoms with Gasteiger partial charge in [0.1, 0.15) is 0 Å². The Balaban J connectivity index is 2.60. The van der Waals surface area contributed by atoms with Gasteiger partial charge in [-0.25, -0.2) is 0 Å². The first-order chi connectivity index (χ1) is 7.11. The zero-order chi connectivity index (χ0) is 11.4. The molecule has 0 bridgehead atoms. The van der Waals surface area contributed by atoms with E-state index in [-0.39, 0.29) is 0 Å². The van der Waals surface area contributed by atoms with Crippen LogP contribution in [-0.4, -0.2) is 41.6 Å². The van der Waals surface area contributed by atoms with Crippen LogP contribution in [0.25, 0.3) is 0 Å². The van der Waals surface area contributed by atoms with E-state index in [2.05, 4.69) is 31.9 Å². The van der Waals surface area contributed by atoms with Crippen molar-refractivity contribution in [3.05, 3.63) is 0 Å². The minimum atomic E-state index is 0.406. The van der Waals surface area contributed by atoms with Gasteiger partial charge in [-0.1, -0.05) is 13.8 Å². The van der Waals surface area contributed by atoms with Crippen LogP contribution in [0.3, 0.4) is 0 Å². The number of nitrogens with two attached hydrogens (primary N) is 1. The molecule has 0 aliphatic carbocycles. The average molecular weight is 230 g/mol. The van der Waals surface area contributed by atoms with Crippen LogP contribution in [0.5, 0.6) is 0 Å². The van der Waals surface area contributed by atoms with E-state index in [9.17, 15) is 0 Å². The van der Waals surface area contributed by atoms with Crippen LogP contribution in [0.15, 0.2) is 0 Å². The third kappa shape index (κ3) is 3.11. The molecule has 0 aromatic rings. The third-order valence-corrected chi connectivity index (χ3v) is 4.70. The van der Waals surface area contributed by atoms with Gasteiger partial charge < -0.3 is 5.73 Å².